The van der Waals surface area contributed by atoms with Crippen molar-refractivity contribution < 1.29 is 9.53 Å². The lowest BCUT2D eigenvalue weighted by Crippen LogP contribution is -2.42. The number of nitrogens with one attached hydrogen (secondary N) is 2. The van der Waals surface area contributed by atoms with Gasteiger partial charge in [-0.3, -0.25) is 4.79 Å². The van der Waals surface area contributed by atoms with Crippen LogP contribution in [-0.4, -0.2) is 31.6 Å². The molecule has 1 aliphatic heterocycles. The molecule has 1 heterocycles. The number of hydrogen-bond donors (Lipinski definition) is 2. The Morgan fingerprint density at radius 1 is 1.30 bits per heavy atom. The van der Waals surface area contributed by atoms with Crippen LogP contribution >= 0.6 is 0 Å². The summed E-state index contributed by atoms with van der Waals surface area (Å²) >= 11 is 0. The molecule has 3 rings (SSSR count). The van der Waals surface area contributed by atoms with Gasteiger partial charge in [0.15, 0.2) is 0 Å². The zero-order chi connectivity index (χ0) is 13.9. The van der Waals surface area contributed by atoms with E-state index < -0.39 is 0 Å². The molecule has 2 N–H and O–H groups in total. The highest BCUT2D eigenvalue weighted by Crippen LogP contribution is 2.25. The summed E-state index contributed by atoms with van der Waals surface area (Å²) in [6.45, 7) is 0.885. The molecule has 1 aliphatic carbocycles. The third-order valence-electron chi connectivity index (χ3n) is 4.38. The van der Waals surface area contributed by atoms with Crippen molar-refractivity contribution in [2.24, 2.45) is 0 Å². The number of fused-ring (bicyclic) bond motifs is 1. The molecule has 2 atom stereocenters. The van der Waals surface area contributed by atoms with Crippen molar-refractivity contribution in [1.29, 1.82) is 0 Å². The minimum absolute atomic E-state index is 0.190. The van der Waals surface area contributed by atoms with Gasteiger partial charge in [0.1, 0.15) is 5.75 Å². The van der Waals surface area contributed by atoms with Gasteiger partial charge >= 0.3 is 0 Å². The Labute approximate surface area is 119 Å². The van der Waals surface area contributed by atoms with E-state index in [-0.39, 0.29) is 5.91 Å². The second-order valence-corrected chi connectivity index (χ2v) is 5.79. The highest BCUT2D eigenvalue weighted by Gasteiger charge is 2.23. The van der Waals surface area contributed by atoms with Gasteiger partial charge in [0, 0.05) is 25.0 Å². The molecule has 1 fully saturated rings. The third kappa shape index (κ3) is 2.96. The molecule has 1 saturated heterocycles. The quantitative estimate of drug-likeness (QED) is 0.873. The summed E-state index contributed by atoms with van der Waals surface area (Å²) in [5.41, 5.74) is 2.83. The number of amides is 1. The molecule has 0 aromatic heterocycles. The van der Waals surface area contributed by atoms with Crippen LogP contribution in [0.15, 0.2) is 18.2 Å². The molecule has 2 aliphatic rings. The van der Waals surface area contributed by atoms with Gasteiger partial charge in [0.05, 0.1) is 7.11 Å². The molecular formula is C16H22N2O2. The van der Waals surface area contributed by atoms with Crippen LogP contribution in [0.1, 0.15) is 30.4 Å². The molecule has 0 radical (unpaired) electrons. The Morgan fingerprint density at radius 3 is 2.95 bits per heavy atom. The van der Waals surface area contributed by atoms with E-state index in [2.05, 4.69) is 22.8 Å². The summed E-state index contributed by atoms with van der Waals surface area (Å²) in [5, 5.41) is 6.62. The average molecular weight is 274 g/mol. The number of hydrogen-bond acceptors (Lipinski definition) is 3. The Bertz CT molecular complexity index is 501. The molecular weight excluding hydrogens is 252 g/mol. The van der Waals surface area contributed by atoms with Crippen molar-refractivity contribution in [3.63, 3.8) is 0 Å². The lowest BCUT2D eigenvalue weighted by atomic mass is 9.88. The van der Waals surface area contributed by atoms with E-state index in [0.29, 0.717) is 18.5 Å². The highest BCUT2D eigenvalue weighted by molar-refractivity contribution is 5.78. The van der Waals surface area contributed by atoms with Gasteiger partial charge in [-0.05, 0) is 48.9 Å². The summed E-state index contributed by atoms with van der Waals surface area (Å²) in [6.07, 6.45) is 4.97. The lowest BCUT2D eigenvalue weighted by Gasteiger charge is -2.27. The van der Waals surface area contributed by atoms with Gasteiger partial charge in [-0.1, -0.05) is 6.07 Å². The molecule has 1 aromatic carbocycles. The molecule has 1 amide bonds. The fourth-order valence-electron chi connectivity index (χ4n) is 3.17. The van der Waals surface area contributed by atoms with Crippen LogP contribution in [0.5, 0.6) is 5.75 Å². The van der Waals surface area contributed by atoms with Crippen molar-refractivity contribution >= 4 is 5.91 Å². The van der Waals surface area contributed by atoms with Crippen LogP contribution in [0.3, 0.4) is 0 Å². The molecule has 4 heteroatoms. The van der Waals surface area contributed by atoms with E-state index >= 15 is 0 Å². The number of ether oxygens (including phenoxy) is 1. The molecule has 108 valence electrons. The Hall–Kier alpha value is -1.55. The predicted octanol–water partition coefficient (Wildman–Crippen LogP) is 1.42. The maximum Gasteiger partial charge on any atom is 0.220 e. The van der Waals surface area contributed by atoms with Crippen molar-refractivity contribution in [2.75, 3.05) is 13.7 Å². The van der Waals surface area contributed by atoms with Crippen molar-refractivity contribution in [3.8, 4) is 5.75 Å². The molecule has 1 aromatic rings. The van der Waals surface area contributed by atoms with E-state index in [1.165, 1.54) is 17.5 Å². The Kier molecular flexibility index (Phi) is 3.92. The highest BCUT2D eigenvalue weighted by atomic mass is 16.5. The second-order valence-electron chi connectivity index (χ2n) is 5.79. The largest absolute Gasteiger partial charge is 0.497 e. The average Bonchev–Trinajstić information content (AvgIpc) is 2.90. The standard InChI is InChI=1S/C16H22N2O2/c1-20-15-6-3-11-2-4-13(8-12(11)9-15)17-10-14-5-7-16(19)18-14/h3,6,9,13-14,17H,2,4-5,7-8,10H2,1H3,(H,18,19). The first-order valence-electron chi connectivity index (χ1n) is 7.43. The van der Waals surface area contributed by atoms with Gasteiger partial charge < -0.3 is 15.4 Å². The van der Waals surface area contributed by atoms with Gasteiger partial charge in [0.2, 0.25) is 5.91 Å². The summed E-state index contributed by atoms with van der Waals surface area (Å²) < 4.78 is 5.30. The molecule has 4 nitrogen and oxygen atoms in total. The van der Waals surface area contributed by atoms with E-state index in [4.69, 9.17) is 4.74 Å². The van der Waals surface area contributed by atoms with Gasteiger partial charge in [-0.15, -0.1) is 0 Å². The van der Waals surface area contributed by atoms with Crippen LogP contribution < -0.4 is 15.4 Å². The number of benzene rings is 1. The van der Waals surface area contributed by atoms with E-state index in [0.717, 1.165) is 31.6 Å². The first-order chi connectivity index (χ1) is 9.74. The summed E-state index contributed by atoms with van der Waals surface area (Å²) in [6, 6.07) is 7.20. The topological polar surface area (TPSA) is 50.4 Å². The lowest BCUT2D eigenvalue weighted by molar-refractivity contribution is -0.119. The maximum atomic E-state index is 11.2. The normalized spacial score (nSPS) is 25.1. The summed E-state index contributed by atoms with van der Waals surface area (Å²) in [4.78, 5) is 11.2. The zero-order valence-electron chi connectivity index (χ0n) is 11.9. The Morgan fingerprint density at radius 2 is 2.20 bits per heavy atom. The number of rotatable bonds is 4. The van der Waals surface area contributed by atoms with Crippen molar-refractivity contribution in [3.05, 3.63) is 29.3 Å². The zero-order valence-corrected chi connectivity index (χ0v) is 11.9. The van der Waals surface area contributed by atoms with Crippen molar-refractivity contribution in [2.45, 2.75) is 44.2 Å². The molecule has 0 saturated carbocycles. The van der Waals surface area contributed by atoms with Gasteiger partial charge in [-0.25, -0.2) is 0 Å². The number of aryl methyl sites for hydroxylation is 1. The SMILES string of the molecule is COc1ccc2c(c1)CC(NCC1CCC(=O)N1)CC2. The van der Waals surface area contributed by atoms with Crippen LogP contribution in [0, 0.1) is 0 Å². The van der Waals surface area contributed by atoms with Crippen LogP contribution in [0.2, 0.25) is 0 Å². The monoisotopic (exact) mass is 274 g/mol. The minimum atomic E-state index is 0.190. The first kappa shape index (κ1) is 13.4. The van der Waals surface area contributed by atoms with Crippen LogP contribution in [-0.2, 0) is 17.6 Å². The molecule has 20 heavy (non-hydrogen) atoms. The Balaban J connectivity index is 1.56. The van der Waals surface area contributed by atoms with E-state index in [1.807, 2.05) is 6.07 Å². The maximum absolute atomic E-state index is 11.2. The number of methoxy groups -OCH3 is 1. The molecule has 0 spiro atoms. The van der Waals surface area contributed by atoms with E-state index in [9.17, 15) is 4.79 Å². The van der Waals surface area contributed by atoms with Crippen LogP contribution in [0.25, 0.3) is 0 Å². The summed E-state index contributed by atoms with van der Waals surface area (Å²) in [7, 11) is 1.71. The fraction of sp³-hybridized carbons (Fsp3) is 0.562. The fourth-order valence-corrected chi connectivity index (χ4v) is 3.17. The van der Waals surface area contributed by atoms with E-state index in [1.54, 1.807) is 7.11 Å². The second kappa shape index (κ2) is 5.83. The number of carbonyl (C=O) groups excluding carboxylic acids is 1. The third-order valence-corrected chi connectivity index (χ3v) is 4.38. The predicted molar refractivity (Wildman–Crippen MR) is 78.0 cm³/mol. The molecule has 0 bridgehead atoms. The van der Waals surface area contributed by atoms with Crippen molar-refractivity contribution in [1.82, 2.24) is 10.6 Å². The summed E-state index contributed by atoms with van der Waals surface area (Å²) in [5.74, 6) is 1.13. The first-order valence-corrected chi connectivity index (χ1v) is 7.43. The van der Waals surface area contributed by atoms with Gasteiger partial charge in [-0.2, -0.15) is 0 Å². The van der Waals surface area contributed by atoms with Crippen LogP contribution in [0.4, 0.5) is 0 Å². The smallest absolute Gasteiger partial charge is 0.220 e. The number of carbonyl (C=O) groups is 1. The molecule has 2 unspecified atom stereocenters. The van der Waals surface area contributed by atoms with Gasteiger partial charge in [0.25, 0.3) is 0 Å². The minimum Gasteiger partial charge on any atom is -0.497 e.